The Bertz CT molecular complexity index is 350. The number of nitrogens with zero attached hydrogens (tertiary/aromatic N) is 1. The van der Waals surface area contributed by atoms with Crippen LogP contribution in [0.5, 0.6) is 5.75 Å². The van der Waals surface area contributed by atoms with Gasteiger partial charge in [-0.25, -0.2) is 0 Å². The normalized spacial score (nSPS) is 13.1. The predicted octanol–water partition coefficient (Wildman–Crippen LogP) is 3.36. The van der Waals surface area contributed by atoms with Gasteiger partial charge in [0.05, 0.1) is 6.10 Å². The first-order valence-electron chi connectivity index (χ1n) is 6.08. The molecule has 3 N–H and O–H groups in total. The second kappa shape index (κ2) is 6.10. The minimum atomic E-state index is 0.106. The van der Waals surface area contributed by atoms with E-state index in [-0.39, 0.29) is 6.10 Å². The molecular weight excluding hydrogens is 234 g/mol. The molecule has 5 heteroatoms. The summed E-state index contributed by atoms with van der Waals surface area (Å²) in [5, 5.41) is 4.35. The number of nitrogens with one attached hydrogen (secondary N) is 1. The number of hydrogen-bond donors (Lipinski definition) is 2. The highest BCUT2D eigenvalue weighted by Crippen LogP contribution is 2.36. The Kier molecular flexibility index (Phi) is 5.05. The molecule has 4 nitrogen and oxygen atoms in total. The quantitative estimate of drug-likeness (QED) is 0.820. The van der Waals surface area contributed by atoms with E-state index < -0.39 is 0 Å². The fourth-order valence-electron chi connectivity index (χ4n) is 1.73. The van der Waals surface area contributed by atoms with Crippen LogP contribution in [-0.2, 0) is 0 Å². The molecule has 0 saturated carbocycles. The van der Waals surface area contributed by atoms with Gasteiger partial charge in [-0.05, 0) is 44.6 Å². The molecular formula is C12H23N3OS. The topological polar surface area (TPSA) is 60.2 Å². The fraction of sp³-hybridized carbons (Fsp3) is 0.750. The summed E-state index contributed by atoms with van der Waals surface area (Å²) in [6, 6.07) is 0.393. The molecule has 98 valence electrons. The molecule has 0 spiro atoms. The summed E-state index contributed by atoms with van der Waals surface area (Å²) < 4.78 is 9.82. The van der Waals surface area contributed by atoms with Crippen LogP contribution in [0.1, 0.15) is 41.0 Å². The maximum atomic E-state index is 5.80. The first kappa shape index (κ1) is 14.1. The Balaban J connectivity index is 2.70. The van der Waals surface area contributed by atoms with E-state index in [4.69, 9.17) is 10.5 Å². The van der Waals surface area contributed by atoms with E-state index in [1.54, 1.807) is 0 Å². The maximum absolute atomic E-state index is 5.80. The van der Waals surface area contributed by atoms with E-state index in [2.05, 4.69) is 30.5 Å². The van der Waals surface area contributed by atoms with Gasteiger partial charge in [0, 0.05) is 6.04 Å². The van der Waals surface area contributed by atoms with Gasteiger partial charge in [0.15, 0.2) is 16.6 Å². The third-order valence-electron chi connectivity index (χ3n) is 2.23. The van der Waals surface area contributed by atoms with Gasteiger partial charge >= 0.3 is 0 Å². The van der Waals surface area contributed by atoms with Crippen LogP contribution in [0.3, 0.4) is 0 Å². The van der Waals surface area contributed by atoms with Crippen molar-refractivity contribution in [2.75, 3.05) is 11.1 Å². The molecule has 0 aromatic carbocycles. The Morgan fingerprint density at radius 2 is 1.94 bits per heavy atom. The van der Waals surface area contributed by atoms with Crippen molar-refractivity contribution in [3.05, 3.63) is 0 Å². The van der Waals surface area contributed by atoms with Crippen molar-refractivity contribution in [3.8, 4) is 5.75 Å². The van der Waals surface area contributed by atoms with Crippen molar-refractivity contribution in [3.63, 3.8) is 0 Å². The molecule has 1 aromatic rings. The van der Waals surface area contributed by atoms with Crippen molar-refractivity contribution in [1.82, 2.24) is 4.37 Å². The number of hydrogen-bond acceptors (Lipinski definition) is 5. The number of nitrogen functional groups attached to an aromatic ring is 1. The molecule has 0 aliphatic heterocycles. The number of nitrogens with two attached hydrogens (primary N) is 1. The monoisotopic (exact) mass is 257 g/mol. The summed E-state index contributed by atoms with van der Waals surface area (Å²) in [4.78, 5) is 0. The van der Waals surface area contributed by atoms with Crippen LogP contribution >= 0.6 is 11.5 Å². The Morgan fingerprint density at radius 3 is 2.47 bits per heavy atom. The van der Waals surface area contributed by atoms with E-state index in [1.807, 2.05) is 13.8 Å². The van der Waals surface area contributed by atoms with Gasteiger partial charge in [0.1, 0.15) is 0 Å². The average Bonchev–Trinajstić information content (AvgIpc) is 2.47. The van der Waals surface area contributed by atoms with Gasteiger partial charge in [0.2, 0.25) is 0 Å². The Hall–Kier alpha value is -0.970. The van der Waals surface area contributed by atoms with E-state index in [9.17, 15) is 0 Å². The molecule has 0 aliphatic carbocycles. The molecule has 0 bridgehead atoms. The van der Waals surface area contributed by atoms with Crippen LogP contribution in [0, 0.1) is 5.92 Å². The molecule has 0 aliphatic rings. The molecule has 1 aromatic heterocycles. The second-order valence-corrected chi connectivity index (χ2v) is 5.84. The standard InChI is InChI=1S/C12H23N3OS/c1-7(2)6-9(5)14-12-10(16-8(3)4)11(13)15-17-12/h7-9,14H,6H2,1-5H3,(H2,13,15). The molecule has 0 fully saturated rings. The van der Waals surface area contributed by atoms with Crippen molar-refractivity contribution >= 4 is 22.4 Å². The summed E-state index contributed by atoms with van der Waals surface area (Å²) in [7, 11) is 0. The third-order valence-corrected chi connectivity index (χ3v) is 3.00. The zero-order valence-electron chi connectivity index (χ0n) is 11.3. The Labute approximate surface area is 108 Å². The largest absolute Gasteiger partial charge is 0.484 e. The van der Waals surface area contributed by atoms with Crippen molar-refractivity contribution in [2.24, 2.45) is 5.92 Å². The van der Waals surface area contributed by atoms with Gasteiger partial charge in [-0.1, -0.05) is 13.8 Å². The average molecular weight is 257 g/mol. The number of anilines is 2. The van der Waals surface area contributed by atoms with Gasteiger partial charge in [-0.2, -0.15) is 4.37 Å². The zero-order valence-corrected chi connectivity index (χ0v) is 12.1. The predicted molar refractivity (Wildman–Crippen MR) is 74.8 cm³/mol. The van der Waals surface area contributed by atoms with Crippen LogP contribution in [0.15, 0.2) is 0 Å². The van der Waals surface area contributed by atoms with Crippen LogP contribution in [0.4, 0.5) is 10.8 Å². The van der Waals surface area contributed by atoms with Crippen LogP contribution < -0.4 is 15.8 Å². The summed E-state index contributed by atoms with van der Waals surface area (Å²) in [6.45, 7) is 10.6. The molecule has 1 unspecified atom stereocenters. The highest BCUT2D eigenvalue weighted by molar-refractivity contribution is 7.11. The van der Waals surface area contributed by atoms with E-state index in [1.165, 1.54) is 11.5 Å². The van der Waals surface area contributed by atoms with Crippen molar-refractivity contribution in [2.45, 2.75) is 53.2 Å². The smallest absolute Gasteiger partial charge is 0.197 e. The number of aromatic nitrogens is 1. The van der Waals surface area contributed by atoms with Gasteiger partial charge in [0.25, 0.3) is 0 Å². The first-order valence-corrected chi connectivity index (χ1v) is 6.85. The van der Waals surface area contributed by atoms with Crippen molar-refractivity contribution in [1.29, 1.82) is 0 Å². The third kappa shape index (κ3) is 4.42. The summed E-state index contributed by atoms with van der Waals surface area (Å²) in [5.41, 5.74) is 5.80. The lowest BCUT2D eigenvalue weighted by Crippen LogP contribution is -2.18. The van der Waals surface area contributed by atoms with Crippen LogP contribution in [-0.4, -0.2) is 16.5 Å². The lowest BCUT2D eigenvalue weighted by atomic mass is 10.1. The minimum absolute atomic E-state index is 0.106. The van der Waals surface area contributed by atoms with Crippen LogP contribution in [0.2, 0.25) is 0 Å². The summed E-state index contributed by atoms with van der Waals surface area (Å²) in [5.74, 6) is 1.83. The highest BCUT2D eigenvalue weighted by Gasteiger charge is 2.16. The van der Waals surface area contributed by atoms with Gasteiger partial charge in [-0.3, -0.25) is 0 Å². The molecule has 0 radical (unpaired) electrons. The van der Waals surface area contributed by atoms with Crippen molar-refractivity contribution < 1.29 is 4.74 Å². The second-order valence-electron chi connectivity index (χ2n) is 5.07. The fourth-order valence-corrected chi connectivity index (χ4v) is 2.49. The highest BCUT2D eigenvalue weighted by atomic mass is 32.1. The minimum Gasteiger partial charge on any atom is -0.484 e. The van der Waals surface area contributed by atoms with Gasteiger partial charge in [-0.15, -0.1) is 0 Å². The SMILES string of the molecule is CC(C)CC(C)Nc1snc(N)c1OC(C)C. The lowest BCUT2D eigenvalue weighted by molar-refractivity contribution is 0.245. The molecule has 1 rings (SSSR count). The first-order chi connectivity index (χ1) is 7.90. The maximum Gasteiger partial charge on any atom is 0.197 e. The number of ether oxygens (including phenoxy) is 1. The van der Waals surface area contributed by atoms with E-state index in [0.717, 1.165) is 11.4 Å². The van der Waals surface area contributed by atoms with Gasteiger partial charge < -0.3 is 15.8 Å². The summed E-state index contributed by atoms with van der Waals surface area (Å²) in [6.07, 6.45) is 1.22. The molecule has 1 heterocycles. The lowest BCUT2D eigenvalue weighted by Gasteiger charge is -2.17. The van der Waals surface area contributed by atoms with Crippen LogP contribution in [0.25, 0.3) is 0 Å². The molecule has 0 saturated heterocycles. The molecule has 0 amide bonds. The molecule has 1 atom stereocenters. The summed E-state index contributed by atoms with van der Waals surface area (Å²) >= 11 is 1.36. The van der Waals surface area contributed by atoms with E-state index in [0.29, 0.717) is 23.5 Å². The molecule has 17 heavy (non-hydrogen) atoms. The van der Waals surface area contributed by atoms with E-state index >= 15 is 0 Å². The number of rotatable bonds is 6. The zero-order chi connectivity index (χ0) is 13.0. The Morgan fingerprint density at radius 1 is 1.29 bits per heavy atom.